The fourth-order valence-corrected chi connectivity index (χ4v) is 0.351. The Morgan fingerprint density at radius 1 is 1.62 bits per heavy atom. The summed E-state index contributed by atoms with van der Waals surface area (Å²) in [5.41, 5.74) is 2.54. The van der Waals surface area contributed by atoms with Crippen molar-refractivity contribution in [1.82, 2.24) is 5.48 Å². The number of allylic oxidation sites excluding steroid dienone is 1. The molecule has 0 radical (unpaired) electrons. The standard InChI is InChI=1S/C6H13NO/c1-3-4-5-6-8-7-2/h5-7H,3-4H2,1-2H3/b6-5-. The number of unbranched alkanes of at least 4 members (excludes halogenated alkanes) is 1. The molecule has 0 unspecified atom stereocenters. The predicted octanol–water partition coefficient (Wildman–Crippen LogP) is 1.45. The summed E-state index contributed by atoms with van der Waals surface area (Å²) in [5, 5.41) is 0. The van der Waals surface area contributed by atoms with Crippen molar-refractivity contribution in [3.8, 4) is 0 Å². The van der Waals surface area contributed by atoms with Gasteiger partial charge in [0.05, 0.1) is 0 Å². The summed E-state index contributed by atoms with van der Waals surface area (Å²) < 4.78 is 0. The summed E-state index contributed by atoms with van der Waals surface area (Å²) >= 11 is 0. The van der Waals surface area contributed by atoms with Gasteiger partial charge in [0.15, 0.2) is 0 Å². The molecule has 1 N–H and O–H groups in total. The first-order chi connectivity index (χ1) is 3.91. The third-order valence-corrected chi connectivity index (χ3v) is 0.737. The topological polar surface area (TPSA) is 21.3 Å². The van der Waals surface area contributed by atoms with Crippen LogP contribution in [0.4, 0.5) is 0 Å². The van der Waals surface area contributed by atoms with Gasteiger partial charge in [0.1, 0.15) is 6.26 Å². The molecule has 0 heterocycles. The average Bonchev–Trinajstić information content (AvgIpc) is 1.81. The van der Waals surface area contributed by atoms with Crippen LogP contribution in [0, 0.1) is 0 Å². The molecule has 8 heavy (non-hydrogen) atoms. The van der Waals surface area contributed by atoms with Crippen LogP contribution in [0.1, 0.15) is 19.8 Å². The van der Waals surface area contributed by atoms with E-state index in [2.05, 4.69) is 12.4 Å². The molecule has 0 saturated heterocycles. The van der Waals surface area contributed by atoms with Crippen LogP contribution in [0.25, 0.3) is 0 Å². The summed E-state index contributed by atoms with van der Waals surface area (Å²) in [4.78, 5) is 4.70. The Balaban J connectivity index is 2.83. The lowest BCUT2D eigenvalue weighted by Gasteiger charge is -1.90. The van der Waals surface area contributed by atoms with Crippen molar-refractivity contribution in [3.05, 3.63) is 12.3 Å². The lowest BCUT2D eigenvalue weighted by Crippen LogP contribution is -1.99. The summed E-state index contributed by atoms with van der Waals surface area (Å²) in [6, 6.07) is 0. The first-order valence-electron chi connectivity index (χ1n) is 2.89. The van der Waals surface area contributed by atoms with Crippen LogP contribution in [0.15, 0.2) is 12.3 Å². The Kier molecular flexibility index (Phi) is 6.09. The molecule has 2 nitrogen and oxygen atoms in total. The minimum absolute atomic E-state index is 1.08. The highest BCUT2D eigenvalue weighted by Gasteiger charge is 1.70. The molecule has 0 spiro atoms. The van der Waals surface area contributed by atoms with Crippen LogP contribution in [-0.4, -0.2) is 7.05 Å². The van der Waals surface area contributed by atoms with Gasteiger partial charge >= 0.3 is 0 Å². The second kappa shape index (κ2) is 6.50. The van der Waals surface area contributed by atoms with E-state index < -0.39 is 0 Å². The molecule has 0 rings (SSSR count). The van der Waals surface area contributed by atoms with E-state index in [9.17, 15) is 0 Å². The van der Waals surface area contributed by atoms with Gasteiger partial charge < -0.3 is 4.84 Å². The molecule has 0 aliphatic carbocycles. The van der Waals surface area contributed by atoms with Crippen molar-refractivity contribution in [2.24, 2.45) is 0 Å². The van der Waals surface area contributed by atoms with Crippen LogP contribution in [-0.2, 0) is 4.84 Å². The Bertz CT molecular complexity index is 53.5. The summed E-state index contributed by atoms with van der Waals surface area (Å²) in [6.07, 6.45) is 5.89. The zero-order chi connectivity index (χ0) is 6.24. The second-order valence-electron chi connectivity index (χ2n) is 1.48. The quantitative estimate of drug-likeness (QED) is 0.442. The van der Waals surface area contributed by atoms with E-state index in [0.717, 1.165) is 6.42 Å². The molecule has 0 saturated carbocycles. The number of hydrogen-bond acceptors (Lipinski definition) is 2. The van der Waals surface area contributed by atoms with Crippen molar-refractivity contribution in [1.29, 1.82) is 0 Å². The Labute approximate surface area is 50.5 Å². The highest BCUT2D eigenvalue weighted by atomic mass is 16.6. The third-order valence-electron chi connectivity index (χ3n) is 0.737. The van der Waals surface area contributed by atoms with Gasteiger partial charge in [-0.1, -0.05) is 13.3 Å². The molecule has 48 valence electrons. The Morgan fingerprint density at radius 2 is 2.38 bits per heavy atom. The van der Waals surface area contributed by atoms with E-state index >= 15 is 0 Å². The third kappa shape index (κ3) is 5.50. The molecular formula is C6H13NO. The lowest BCUT2D eigenvalue weighted by atomic mass is 10.3. The molecule has 2 heteroatoms. The van der Waals surface area contributed by atoms with E-state index in [1.807, 2.05) is 6.08 Å². The fourth-order valence-electron chi connectivity index (χ4n) is 0.351. The van der Waals surface area contributed by atoms with Gasteiger partial charge in [-0.3, -0.25) is 0 Å². The van der Waals surface area contributed by atoms with E-state index in [4.69, 9.17) is 4.84 Å². The molecule has 0 amide bonds. The first-order valence-corrected chi connectivity index (χ1v) is 2.89. The Morgan fingerprint density at radius 3 is 2.88 bits per heavy atom. The van der Waals surface area contributed by atoms with Crippen LogP contribution in [0.5, 0.6) is 0 Å². The van der Waals surface area contributed by atoms with Crippen molar-refractivity contribution in [2.45, 2.75) is 19.8 Å². The van der Waals surface area contributed by atoms with E-state index in [0.29, 0.717) is 0 Å². The van der Waals surface area contributed by atoms with Crippen LogP contribution in [0.3, 0.4) is 0 Å². The SMILES string of the molecule is CCC/C=C\ONC. The molecule has 0 atom stereocenters. The van der Waals surface area contributed by atoms with E-state index in [1.165, 1.54) is 6.42 Å². The molecule has 0 aromatic heterocycles. The lowest BCUT2D eigenvalue weighted by molar-refractivity contribution is 0.158. The van der Waals surface area contributed by atoms with Crippen LogP contribution < -0.4 is 5.48 Å². The highest BCUT2D eigenvalue weighted by molar-refractivity contribution is 4.71. The van der Waals surface area contributed by atoms with Crippen LogP contribution in [0.2, 0.25) is 0 Å². The zero-order valence-electron chi connectivity index (χ0n) is 5.48. The van der Waals surface area contributed by atoms with Gasteiger partial charge in [-0.05, 0) is 12.5 Å². The van der Waals surface area contributed by atoms with Gasteiger partial charge in [0.25, 0.3) is 0 Å². The monoisotopic (exact) mass is 115 g/mol. The average molecular weight is 115 g/mol. The minimum atomic E-state index is 1.08. The number of hydrogen-bond donors (Lipinski definition) is 1. The first kappa shape index (κ1) is 7.50. The van der Waals surface area contributed by atoms with Crippen LogP contribution >= 0.6 is 0 Å². The minimum Gasteiger partial charge on any atom is -0.417 e. The van der Waals surface area contributed by atoms with Gasteiger partial charge in [-0.2, -0.15) is 5.48 Å². The van der Waals surface area contributed by atoms with Crippen molar-refractivity contribution in [2.75, 3.05) is 7.05 Å². The molecule has 0 fully saturated rings. The molecule has 0 aromatic rings. The number of rotatable bonds is 4. The smallest absolute Gasteiger partial charge is 0.107 e. The van der Waals surface area contributed by atoms with Crippen molar-refractivity contribution < 1.29 is 4.84 Å². The highest BCUT2D eigenvalue weighted by Crippen LogP contribution is 1.86. The predicted molar refractivity (Wildman–Crippen MR) is 34.2 cm³/mol. The Hall–Kier alpha value is -0.500. The molecule has 0 aromatic carbocycles. The second-order valence-corrected chi connectivity index (χ2v) is 1.48. The van der Waals surface area contributed by atoms with Crippen molar-refractivity contribution >= 4 is 0 Å². The number of nitrogens with one attached hydrogen (secondary N) is 1. The summed E-state index contributed by atoms with van der Waals surface area (Å²) in [7, 11) is 1.73. The maximum absolute atomic E-state index is 4.70. The maximum atomic E-state index is 4.70. The largest absolute Gasteiger partial charge is 0.417 e. The zero-order valence-corrected chi connectivity index (χ0v) is 5.48. The van der Waals surface area contributed by atoms with E-state index in [1.54, 1.807) is 13.3 Å². The molecular weight excluding hydrogens is 102 g/mol. The molecule has 0 bridgehead atoms. The number of hydroxylamine groups is 1. The molecule has 0 aliphatic rings. The van der Waals surface area contributed by atoms with Crippen molar-refractivity contribution in [3.63, 3.8) is 0 Å². The maximum Gasteiger partial charge on any atom is 0.107 e. The van der Waals surface area contributed by atoms with Gasteiger partial charge in [-0.25, -0.2) is 0 Å². The van der Waals surface area contributed by atoms with E-state index in [-0.39, 0.29) is 0 Å². The normalized spacial score (nSPS) is 10.2. The van der Waals surface area contributed by atoms with Gasteiger partial charge in [0, 0.05) is 7.05 Å². The van der Waals surface area contributed by atoms with Gasteiger partial charge in [-0.15, -0.1) is 0 Å². The molecule has 0 aliphatic heterocycles. The van der Waals surface area contributed by atoms with Gasteiger partial charge in [0.2, 0.25) is 0 Å². The summed E-state index contributed by atoms with van der Waals surface area (Å²) in [5.74, 6) is 0. The summed E-state index contributed by atoms with van der Waals surface area (Å²) in [6.45, 7) is 2.13. The fraction of sp³-hybridized carbons (Fsp3) is 0.667.